The minimum atomic E-state index is -1.36. The first-order valence-corrected chi connectivity index (χ1v) is 28.3. The molecule has 0 aromatic carbocycles. The summed E-state index contributed by atoms with van der Waals surface area (Å²) in [6.07, 6.45) is -1.48. The van der Waals surface area contributed by atoms with Crippen molar-refractivity contribution in [2.75, 3.05) is 62.2 Å². The molecule has 4 amide bonds. The Hall–Kier alpha value is -4.79. The molecule has 12 atom stereocenters. The van der Waals surface area contributed by atoms with Gasteiger partial charge < -0.3 is 48.9 Å². The first-order valence-electron chi connectivity index (χ1n) is 28.3. The number of rotatable bonds is 35. The number of alkyl carbamates (subject to hydrolysis) is 1. The van der Waals surface area contributed by atoms with Gasteiger partial charge in [-0.2, -0.15) is 0 Å². The van der Waals surface area contributed by atoms with Crippen molar-refractivity contribution in [2.45, 2.75) is 208 Å². The number of methoxy groups -OCH3 is 3. The Bertz CT molecular complexity index is 2010. The summed E-state index contributed by atoms with van der Waals surface area (Å²) in [4.78, 5) is 130. The normalized spacial score (nSPS) is 18.2. The zero-order valence-electron chi connectivity index (χ0n) is 51.8. The molecule has 1 rings (SSSR count). The van der Waals surface area contributed by atoms with Gasteiger partial charge in [-0.1, -0.05) is 67.5 Å². The van der Waals surface area contributed by atoms with Crippen LogP contribution in [0.1, 0.15) is 155 Å². The molecule has 0 radical (unpaired) electrons. The smallest absolute Gasteiger partial charge is 0.407 e. The van der Waals surface area contributed by atoms with Crippen LogP contribution in [-0.2, 0) is 66.8 Å². The lowest BCUT2D eigenvalue weighted by molar-refractivity contribution is -0.155. The van der Waals surface area contributed by atoms with Gasteiger partial charge in [0.25, 0.3) is 0 Å². The molecule has 0 aromatic heterocycles. The highest BCUT2D eigenvalue weighted by Gasteiger charge is 2.45. The van der Waals surface area contributed by atoms with E-state index in [1.54, 1.807) is 72.2 Å². The first-order chi connectivity index (χ1) is 36.6. The van der Waals surface area contributed by atoms with Crippen LogP contribution >= 0.6 is 0 Å². The van der Waals surface area contributed by atoms with E-state index in [1.807, 2.05) is 60.5 Å². The number of Topliss-reactive ketones (excluding diaryl/α,β-unsaturated/α-hetero) is 3. The predicted octanol–water partition coefficient (Wildman–Crippen LogP) is 6.77. The van der Waals surface area contributed by atoms with E-state index < -0.39 is 107 Å². The van der Waals surface area contributed by atoms with Gasteiger partial charge in [-0.05, 0) is 99.6 Å². The summed E-state index contributed by atoms with van der Waals surface area (Å²) >= 11 is 0. The third-order valence-electron chi connectivity index (χ3n) is 14.8. The quantitative estimate of drug-likeness (QED) is 0.0378. The van der Waals surface area contributed by atoms with Crippen LogP contribution in [0.15, 0.2) is 12.7 Å². The molecule has 0 unspecified atom stereocenters. The van der Waals surface area contributed by atoms with E-state index in [4.69, 9.17) is 28.4 Å². The highest BCUT2D eigenvalue weighted by atomic mass is 16.6. The average molecular weight is 1120 g/mol. The van der Waals surface area contributed by atoms with Crippen molar-refractivity contribution in [1.29, 1.82) is 0 Å². The summed E-state index contributed by atoms with van der Waals surface area (Å²) in [6.45, 7) is 29.1. The molecule has 0 aromatic rings. The largest absolute Gasteiger partial charge is 0.469 e. The maximum atomic E-state index is 14.7. The molecule has 79 heavy (non-hydrogen) atoms. The van der Waals surface area contributed by atoms with E-state index in [-0.39, 0.29) is 92.4 Å². The SMILES string of the molecule is C=CCOC(=O)NC[C@H](CC(=O)[C@H](CCC(=O)OC(C)(C)C)NC(=O)[C@@H](CC(=O)[C@H](C)[C@@H](OC)[C@@H]1CCCN1C(=O)C[C@@H](OC)[C@H]([C@@H](C)CC)N(C)C(=O)[C@@H](CC(=O)[C@H](C(C)C)N(C)C)C(C)C)[C@@H](C)OC(C)(C)C)C(=O)OC. The van der Waals surface area contributed by atoms with E-state index in [0.29, 0.717) is 25.8 Å². The summed E-state index contributed by atoms with van der Waals surface area (Å²) in [6, 6.07) is -2.76. The second kappa shape index (κ2) is 33.8. The molecule has 1 aliphatic rings. The third kappa shape index (κ3) is 23.7. The van der Waals surface area contributed by atoms with Crippen molar-refractivity contribution < 1.29 is 71.6 Å². The maximum absolute atomic E-state index is 14.7. The molecule has 1 aliphatic heterocycles. The number of esters is 2. The van der Waals surface area contributed by atoms with Gasteiger partial charge in [0.05, 0.1) is 73.4 Å². The predicted molar refractivity (Wildman–Crippen MR) is 301 cm³/mol. The number of carbonyl (C=O) groups is 9. The number of hydrogen-bond acceptors (Lipinski definition) is 16. The average Bonchev–Trinajstić information content (AvgIpc) is 3.84. The number of ether oxygens (including phenoxy) is 6. The molecular formula is C59H103N5O15. The fourth-order valence-corrected chi connectivity index (χ4v) is 10.7. The number of likely N-dealkylation sites (N-methyl/N-ethyl adjacent to an activating group) is 2. The van der Waals surface area contributed by atoms with Crippen molar-refractivity contribution in [1.82, 2.24) is 25.3 Å². The Balaban J connectivity index is 3.61. The van der Waals surface area contributed by atoms with Gasteiger partial charge >= 0.3 is 18.0 Å². The molecule has 1 saturated heterocycles. The van der Waals surface area contributed by atoms with Crippen LogP contribution in [0.3, 0.4) is 0 Å². The molecule has 0 spiro atoms. The maximum Gasteiger partial charge on any atom is 0.407 e. The van der Waals surface area contributed by atoms with Crippen molar-refractivity contribution in [3.63, 3.8) is 0 Å². The number of ketones is 3. The summed E-state index contributed by atoms with van der Waals surface area (Å²) in [7, 11) is 9.59. The standard InChI is InChI=1S/C59H103N5O15/c1-22-29-77-57(73)60-34-40(56(72)76-21)30-46(66)43(26-27-50(69)79-59(13,14)15)61-54(70)42(39(9)78-58(10,11)12)32-45(65)38(8)53(75-20)44-25-24-28-64(44)49(68)33-48(74-19)52(37(7)23-2)63(18)55(71)41(35(3)4)31-47(67)51(36(5)6)62(16)17/h22,35-44,48,51-53H,1,23-34H2,2-21H3,(H,60,73)(H,61,70)/t37-,38-,39+,40-,41-,42-,43-,44-,48+,51-,52-,53+/m0/s1. The van der Waals surface area contributed by atoms with E-state index >= 15 is 0 Å². The van der Waals surface area contributed by atoms with Crippen LogP contribution < -0.4 is 10.6 Å². The zero-order valence-corrected chi connectivity index (χ0v) is 51.8. The number of carbonyl (C=O) groups excluding carboxylic acids is 9. The Kier molecular flexibility index (Phi) is 30.9. The molecule has 1 heterocycles. The fourth-order valence-electron chi connectivity index (χ4n) is 10.7. The second-order valence-corrected chi connectivity index (χ2v) is 24.3. The van der Waals surface area contributed by atoms with Crippen LogP contribution in [0.25, 0.3) is 0 Å². The van der Waals surface area contributed by atoms with Gasteiger partial charge in [0, 0.05) is 71.9 Å². The molecule has 1 fully saturated rings. The van der Waals surface area contributed by atoms with E-state index in [2.05, 4.69) is 17.2 Å². The Morgan fingerprint density at radius 1 is 0.772 bits per heavy atom. The molecular weight excluding hydrogens is 1020 g/mol. The Morgan fingerprint density at radius 2 is 1.38 bits per heavy atom. The molecule has 20 nitrogen and oxygen atoms in total. The van der Waals surface area contributed by atoms with Crippen molar-refractivity contribution in [3.8, 4) is 0 Å². The first kappa shape index (κ1) is 72.2. The number of hydrogen-bond donors (Lipinski definition) is 2. The van der Waals surface area contributed by atoms with Crippen molar-refractivity contribution in [3.05, 3.63) is 12.7 Å². The van der Waals surface area contributed by atoms with Gasteiger partial charge in [0.15, 0.2) is 11.6 Å². The Labute approximate surface area is 473 Å². The topological polar surface area (TPSA) is 243 Å². The van der Waals surface area contributed by atoms with Crippen LogP contribution in [-0.4, -0.2) is 184 Å². The molecule has 20 heteroatoms. The molecule has 454 valence electrons. The van der Waals surface area contributed by atoms with Crippen molar-refractivity contribution >= 4 is 53.1 Å². The van der Waals surface area contributed by atoms with Crippen LogP contribution in [0.2, 0.25) is 0 Å². The highest BCUT2D eigenvalue weighted by Crippen LogP contribution is 2.33. The van der Waals surface area contributed by atoms with E-state index in [9.17, 15) is 43.2 Å². The number of likely N-dealkylation sites (tertiary alicyclic amines) is 1. The van der Waals surface area contributed by atoms with Crippen LogP contribution in [0, 0.1) is 41.4 Å². The fraction of sp³-hybridized carbons (Fsp3) is 0.814. The second-order valence-electron chi connectivity index (χ2n) is 24.3. The van der Waals surface area contributed by atoms with Gasteiger partial charge in [0.1, 0.15) is 18.0 Å². The van der Waals surface area contributed by atoms with E-state index in [0.717, 1.165) is 7.11 Å². The summed E-state index contributed by atoms with van der Waals surface area (Å²) in [5, 5.41) is 5.21. The lowest BCUT2D eigenvalue weighted by Crippen LogP contribution is -2.54. The number of nitrogens with zero attached hydrogens (tertiary/aromatic N) is 3. The minimum Gasteiger partial charge on any atom is -0.469 e. The molecule has 0 aliphatic carbocycles. The van der Waals surface area contributed by atoms with Gasteiger partial charge in [0.2, 0.25) is 17.7 Å². The van der Waals surface area contributed by atoms with E-state index in [1.165, 1.54) is 20.3 Å². The summed E-state index contributed by atoms with van der Waals surface area (Å²) < 4.78 is 33.9. The number of nitrogens with one attached hydrogen (secondary N) is 2. The monoisotopic (exact) mass is 1120 g/mol. The van der Waals surface area contributed by atoms with Crippen molar-refractivity contribution in [2.24, 2.45) is 41.4 Å². The zero-order chi connectivity index (χ0) is 60.9. The van der Waals surface area contributed by atoms with Gasteiger partial charge in [-0.3, -0.25) is 43.3 Å². The van der Waals surface area contributed by atoms with Crippen LogP contribution in [0.4, 0.5) is 4.79 Å². The summed E-state index contributed by atoms with van der Waals surface area (Å²) in [5.74, 6) is -7.64. The molecule has 0 saturated carbocycles. The molecule has 2 N–H and O–H groups in total. The van der Waals surface area contributed by atoms with Crippen LogP contribution in [0.5, 0.6) is 0 Å². The minimum absolute atomic E-state index is 0.00171. The third-order valence-corrected chi connectivity index (χ3v) is 14.8. The number of amides is 4. The van der Waals surface area contributed by atoms with Gasteiger partial charge in [-0.15, -0.1) is 0 Å². The molecule has 0 bridgehead atoms. The lowest BCUT2D eigenvalue weighted by atomic mass is 9.83. The van der Waals surface area contributed by atoms with Gasteiger partial charge in [-0.25, -0.2) is 4.79 Å². The highest BCUT2D eigenvalue weighted by molar-refractivity contribution is 5.94. The Morgan fingerprint density at radius 3 is 1.87 bits per heavy atom. The summed E-state index contributed by atoms with van der Waals surface area (Å²) in [5.41, 5.74) is -1.63. The lowest BCUT2D eigenvalue weighted by Gasteiger charge is -2.41.